The number of nitrogens with zero attached hydrogens (tertiary/aromatic N) is 6. The van der Waals surface area contributed by atoms with E-state index in [1.165, 1.54) is 16.7 Å². The standard InChI is InChI=1S/C29H28ClFN6O2/c1-5-23(38)35-12-14-36(15-13-35)27-20-16-21(30)25(19-8-6-7-9-22(19)31)33-28(20)37(29(39)34-27)26-18(4)10-11-32-24(26)17(2)3/h5-11,16-17H,1,12-15H2,2-4H3. The Bertz CT molecular complexity index is 1660. The minimum atomic E-state index is -0.533. The molecule has 4 aromatic rings. The van der Waals surface area contributed by atoms with Crippen LogP contribution in [0.1, 0.15) is 31.0 Å². The Morgan fingerprint density at radius 3 is 2.51 bits per heavy atom. The van der Waals surface area contributed by atoms with Gasteiger partial charge >= 0.3 is 5.69 Å². The zero-order valence-electron chi connectivity index (χ0n) is 22.0. The van der Waals surface area contributed by atoms with E-state index < -0.39 is 11.5 Å². The number of halogens is 2. The van der Waals surface area contributed by atoms with E-state index in [1.54, 1.807) is 35.4 Å². The number of fused-ring (bicyclic) bond motifs is 1. The van der Waals surface area contributed by atoms with E-state index >= 15 is 0 Å². The second-order valence-corrected chi connectivity index (χ2v) is 10.2. The summed E-state index contributed by atoms with van der Waals surface area (Å²) in [6, 6.07) is 9.76. The number of carbonyl (C=O) groups excluding carboxylic acids is 1. The van der Waals surface area contributed by atoms with E-state index in [1.807, 2.05) is 31.7 Å². The summed E-state index contributed by atoms with van der Waals surface area (Å²) >= 11 is 6.72. The Balaban J connectivity index is 1.79. The van der Waals surface area contributed by atoms with Crippen molar-refractivity contribution in [3.05, 3.63) is 87.8 Å². The third-order valence-electron chi connectivity index (χ3n) is 6.92. The van der Waals surface area contributed by atoms with Gasteiger partial charge < -0.3 is 9.80 Å². The Labute approximate surface area is 230 Å². The Morgan fingerprint density at radius 1 is 1.13 bits per heavy atom. The van der Waals surface area contributed by atoms with Crippen LogP contribution in [0.5, 0.6) is 0 Å². The van der Waals surface area contributed by atoms with Gasteiger partial charge in [-0.1, -0.05) is 44.2 Å². The van der Waals surface area contributed by atoms with Crippen LogP contribution in [0.4, 0.5) is 10.2 Å². The van der Waals surface area contributed by atoms with Crippen molar-refractivity contribution in [3.8, 4) is 16.9 Å². The van der Waals surface area contributed by atoms with Crippen LogP contribution in [-0.2, 0) is 4.79 Å². The first-order valence-electron chi connectivity index (χ1n) is 12.7. The number of anilines is 1. The van der Waals surface area contributed by atoms with Gasteiger partial charge in [0.05, 0.1) is 27.5 Å². The molecule has 0 aliphatic carbocycles. The molecule has 39 heavy (non-hydrogen) atoms. The summed E-state index contributed by atoms with van der Waals surface area (Å²) in [5.41, 5.74) is 2.36. The summed E-state index contributed by atoms with van der Waals surface area (Å²) in [7, 11) is 0. The number of aryl methyl sites for hydroxylation is 1. The van der Waals surface area contributed by atoms with Gasteiger partial charge in [0.1, 0.15) is 11.6 Å². The number of hydrogen-bond donors (Lipinski definition) is 0. The molecule has 1 aliphatic rings. The highest BCUT2D eigenvalue weighted by Gasteiger charge is 2.27. The lowest BCUT2D eigenvalue weighted by Gasteiger charge is -2.35. The van der Waals surface area contributed by atoms with E-state index in [-0.39, 0.29) is 28.1 Å². The number of carbonyl (C=O) groups is 1. The van der Waals surface area contributed by atoms with Crippen LogP contribution in [0, 0.1) is 12.7 Å². The van der Waals surface area contributed by atoms with Crippen LogP contribution < -0.4 is 10.6 Å². The summed E-state index contributed by atoms with van der Waals surface area (Å²) in [6.45, 7) is 11.3. The first-order valence-corrected chi connectivity index (χ1v) is 13.1. The lowest BCUT2D eigenvalue weighted by atomic mass is 10.0. The largest absolute Gasteiger partial charge is 0.355 e. The fourth-order valence-corrected chi connectivity index (χ4v) is 5.20. The quantitative estimate of drug-likeness (QED) is 0.331. The number of amides is 1. The van der Waals surface area contributed by atoms with Gasteiger partial charge in [0.2, 0.25) is 5.91 Å². The lowest BCUT2D eigenvalue weighted by Crippen LogP contribution is -2.49. The van der Waals surface area contributed by atoms with Crippen LogP contribution in [-0.4, -0.2) is 56.5 Å². The summed E-state index contributed by atoms with van der Waals surface area (Å²) in [4.78, 5) is 43.4. The van der Waals surface area contributed by atoms with E-state index in [0.717, 1.165) is 5.56 Å². The van der Waals surface area contributed by atoms with Gasteiger partial charge in [-0.2, -0.15) is 4.98 Å². The smallest absolute Gasteiger partial charge is 0.352 e. The van der Waals surface area contributed by atoms with Crippen molar-refractivity contribution in [2.24, 2.45) is 0 Å². The van der Waals surface area contributed by atoms with Gasteiger partial charge in [-0.25, -0.2) is 18.7 Å². The highest BCUT2D eigenvalue weighted by molar-refractivity contribution is 6.33. The van der Waals surface area contributed by atoms with Gasteiger partial charge in [-0.3, -0.25) is 9.78 Å². The molecule has 8 nitrogen and oxygen atoms in total. The Morgan fingerprint density at radius 2 is 1.85 bits per heavy atom. The second-order valence-electron chi connectivity index (χ2n) is 9.76. The molecule has 1 fully saturated rings. The average molecular weight is 547 g/mol. The Kier molecular flexibility index (Phi) is 7.18. The van der Waals surface area contributed by atoms with Crippen LogP contribution in [0.2, 0.25) is 5.02 Å². The maximum Gasteiger partial charge on any atom is 0.355 e. The molecule has 0 N–H and O–H groups in total. The van der Waals surface area contributed by atoms with Crippen molar-refractivity contribution in [1.82, 2.24) is 24.4 Å². The van der Waals surface area contributed by atoms with Crippen molar-refractivity contribution < 1.29 is 9.18 Å². The van der Waals surface area contributed by atoms with Crippen LogP contribution in [0.15, 0.2) is 60.0 Å². The molecule has 1 aromatic carbocycles. The molecule has 1 aliphatic heterocycles. The summed E-state index contributed by atoms with van der Waals surface area (Å²) in [5.74, 6) is -0.192. The number of benzene rings is 1. The fraction of sp³-hybridized carbons (Fsp3) is 0.276. The van der Waals surface area contributed by atoms with Gasteiger partial charge in [0.15, 0.2) is 5.65 Å². The number of aromatic nitrogens is 4. The number of piperazine rings is 1. The first-order chi connectivity index (χ1) is 18.7. The molecule has 3 aromatic heterocycles. The number of pyridine rings is 2. The molecule has 10 heteroatoms. The Hall–Kier alpha value is -4.11. The summed E-state index contributed by atoms with van der Waals surface area (Å²) in [5, 5.41) is 0.773. The van der Waals surface area contributed by atoms with Crippen molar-refractivity contribution in [1.29, 1.82) is 0 Å². The second kappa shape index (κ2) is 10.6. The molecule has 1 saturated heterocycles. The molecule has 200 valence electrons. The van der Waals surface area contributed by atoms with E-state index in [0.29, 0.717) is 54.4 Å². The molecule has 0 saturated carbocycles. The first kappa shape index (κ1) is 26.5. The van der Waals surface area contributed by atoms with E-state index in [4.69, 9.17) is 16.6 Å². The van der Waals surface area contributed by atoms with Gasteiger partial charge in [-0.05, 0) is 48.7 Å². The highest BCUT2D eigenvalue weighted by atomic mass is 35.5. The molecule has 0 bridgehead atoms. The monoisotopic (exact) mass is 546 g/mol. The topological polar surface area (TPSA) is 84.2 Å². The van der Waals surface area contributed by atoms with E-state index in [9.17, 15) is 14.0 Å². The molecule has 0 radical (unpaired) electrons. The average Bonchev–Trinajstić information content (AvgIpc) is 2.93. The van der Waals surface area contributed by atoms with Crippen molar-refractivity contribution in [2.75, 3.05) is 31.1 Å². The number of rotatable bonds is 5. The SMILES string of the molecule is C=CC(=O)N1CCN(c2nc(=O)n(-c3c(C)ccnc3C(C)C)c3nc(-c4ccccc4F)c(Cl)cc23)CC1. The minimum Gasteiger partial charge on any atom is -0.352 e. The summed E-state index contributed by atoms with van der Waals surface area (Å²) in [6.07, 6.45) is 3.00. The molecular formula is C29H28ClFN6O2. The van der Waals surface area contributed by atoms with Gasteiger partial charge in [0, 0.05) is 37.9 Å². The van der Waals surface area contributed by atoms with Crippen molar-refractivity contribution in [2.45, 2.75) is 26.7 Å². The third kappa shape index (κ3) is 4.78. The zero-order chi connectivity index (χ0) is 27.8. The van der Waals surface area contributed by atoms with E-state index in [2.05, 4.69) is 16.5 Å². The molecule has 0 spiro atoms. The van der Waals surface area contributed by atoms with Gasteiger partial charge in [0.25, 0.3) is 0 Å². The molecule has 4 heterocycles. The predicted octanol–water partition coefficient (Wildman–Crippen LogP) is 4.90. The molecule has 5 rings (SSSR count). The summed E-state index contributed by atoms with van der Waals surface area (Å²) < 4.78 is 16.3. The maximum atomic E-state index is 14.9. The van der Waals surface area contributed by atoms with Crippen LogP contribution in [0.25, 0.3) is 28.0 Å². The molecular weight excluding hydrogens is 519 g/mol. The molecule has 0 atom stereocenters. The predicted molar refractivity (Wildman–Crippen MR) is 151 cm³/mol. The minimum absolute atomic E-state index is 0.00957. The van der Waals surface area contributed by atoms with Crippen LogP contribution >= 0.6 is 11.6 Å². The highest BCUT2D eigenvalue weighted by Crippen LogP contribution is 2.35. The molecule has 0 unspecified atom stereocenters. The number of hydrogen-bond acceptors (Lipinski definition) is 6. The third-order valence-corrected chi connectivity index (χ3v) is 7.21. The zero-order valence-corrected chi connectivity index (χ0v) is 22.7. The van der Waals surface area contributed by atoms with Crippen LogP contribution in [0.3, 0.4) is 0 Å². The lowest BCUT2D eigenvalue weighted by molar-refractivity contribution is -0.126. The molecule has 1 amide bonds. The maximum absolute atomic E-state index is 14.9. The normalized spacial score (nSPS) is 13.8. The van der Waals surface area contributed by atoms with Crippen molar-refractivity contribution >= 4 is 34.4 Å². The van der Waals surface area contributed by atoms with Gasteiger partial charge in [-0.15, -0.1) is 0 Å². The fourth-order valence-electron chi connectivity index (χ4n) is 4.94. The van der Waals surface area contributed by atoms with Crippen molar-refractivity contribution in [3.63, 3.8) is 0 Å².